The van der Waals surface area contributed by atoms with Gasteiger partial charge < -0.3 is 20.3 Å². The number of halogens is 1. The molecule has 2 unspecified atom stereocenters. The molecule has 7 heteroatoms. The molecular formula is C17H26ClN3O3. The second-order valence-corrected chi connectivity index (χ2v) is 6.06. The van der Waals surface area contributed by atoms with Gasteiger partial charge in [-0.25, -0.2) is 0 Å². The molecule has 1 aromatic rings. The van der Waals surface area contributed by atoms with Crippen LogP contribution in [0, 0.1) is 5.92 Å². The summed E-state index contributed by atoms with van der Waals surface area (Å²) >= 11 is 0. The second kappa shape index (κ2) is 8.89. The van der Waals surface area contributed by atoms with Crippen LogP contribution in [-0.4, -0.2) is 54.9 Å². The van der Waals surface area contributed by atoms with Gasteiger partial charge in [-0.05, 0) is 24.6 Å². The Hall–Kier alpha value is -1.79. The van der Waals surface area contributed by atoms with Gasteiger partial charge in [0.2, 0.25) is 11.8 Å². The summed E-state index contributed by atoms with van der Waals surface area (Å²) in [4.78, 5) is 28.0. The van der Waals surface area contributed by atoms with Gasteiger partial charge in [0.25, 0.3) is 0 Å². The molecule has 134 valence electrons. The zero-order valence-corrected chi connectivity index (χ0v) is 15.2. The fourth-order valence-corrected chi connectivity index (χ4v) is 2.71. The number of carbonyl (C=O) groups is 2. The normalized spacial score (nSPS) is 18.1. The van der Waals surface area contributed by atoms with Crippen molar-refractivity contribution in [3.8, 4) is 5.75 Å². The highest BCUT2D eigenvalue weighted by Gasteiger charge is 2.36. The summed E-state index contributed by atoms with van der Waals surface area (Å²) in [5.41, 5.74) is 6.63. The molecule has 1 saturated heterocycles. The summed E-state index contributed by atoms with van der Waals surface area (Å²) in [6, 6.07) is 7.59. The van der Waals surface area contributed by atoms with Crippen LogP contribution in [0.15, 0.2) is 24.3 Å². The molecular weight excluding hydrogens is 330 g/mol. The number of carbonyl (C=O) groups excluding carboxylic acids is 2. The minimum Gasteiger partial charge on any atom is -0.497 e. The first-order valence-corrected chi connectivity index (χ1v) is 7.83. The summed E-state index contributed by atoms with van der Waals surface area (Å²) in [7, 11) is 3.37. The van der Waals surface area contributed by atoms with Crippen molar-refractivity contribution in [2.24, 2.45) is 11.7 Å². The maximum Gasteiger partial charge on any atom is 0.228 e. The molecule has 0 radical (unpaired) electrons. The van der Waals surface area contributed by atoms with E-state index in [4.69, 9.17) is 10.5 Å². The summed E-state index contributed by atoms with van der Waals surface area (Å²) in [6.07, 6.45) is 0.274. The van der Waals surface area contributed by atoms with Crippen LogP contribution in [0.3, 0.4) is 0 Å². The molecule has 24 heavy (non-hydrogen) atoms. The SMILES string of the molecule is COc1ccc(CN2CC(C(=O)N(C)C(C)CN)CC2=O)cc1.Cl. The van der Waals surface area contributed by atoms with E-state index >= 15 is 0 Å². The van der Waals surface area contributed by atoms with Gasteiger partial charge in [0, 0.05) is 39.1 Å². The van der Waals surface area contributed by atoms with Crippen molar-refractivity contribution >= 4 is 24.2 Å². The van der Waals surface area contributed by atoms with E-state index in [1.54, 1.807) is 24.0 Å². The van der Waals surface area contributed by atoms with Crippen molar-refractivity contribution in [1.82, 2.24) is 9.80 Å². The first-order chi connectivity index (χ1) is 11.0. The Morgan fingerprint density at radius 3 is 2.58 bits per heavy atom. The van der Waals surface area contributed by atoms with Crippen molar-refractivity contribution in [3.63, 3.8) is 0 Å². The van der Waals surface area contributed by atoms with Gasteiger partial charge in [0.05, 0.1) is 13.0 Å². The van der Waals surface area contributed by atoms with Gasteiger partial charge in [0.15, 0.2) is 0 Å². The van der Waals surface area contributed by atoms with Crippen molar-refractivity contribution < 1.29 is 14.3 Å². The van der Waals surface area contributed by atoms with E-state index in [-0.39, 0.29) is 42.6 Å². The van der Waals surface area contributed by atoms with Crippen LogP contribution >= 0.6 is 12.4 Å². The van der Waals surface area contributed by atoms with Crippen LogP contribution < -0.4 is 10.5 Å². The van der Waals surface area contributed by atoms with Crippen LogP contribution in [0.25, 0.3) is 0 Å². The summed E-state index contributed by atoms with van der Waals surface area (Å²) in [5, 5.41) is 0. The molecule has 0 aliphatic carbocycles. The number of rotatable bonds is 6. The lowest BCUT2D eigenvalue weighted by Crippen LogP contribution is -2.43. The summed E-state index contributed by atoms with van der Waals surface area (Å²) in [5.74, 6) is 0.521. The zero-order chi connectivity index (χ0) is 17.0. The van der Waals surface area contributed by atoms with E-state index in [0.717, 1.165) is 11.3 Å². The number of hydrogen-bond acceptors (Lipinski definition) is 4. The standard InChI is InChI=1S/C17H25N3O3.ClH/c1-12(9-18)19(2)17(22)14-8-16(21)20(11-14)10-13-4-6-15(23-3)7-5-13;/h4-7,12,14H,8-11,18H2,1-3H3;1H. The molecule has 1 aliphatic heterocycles. The maximum absolute atomic E-state index is 12.4. The Morgan fingerprint density at radius 2 is 2.04 bits per heavy atom. The number of likely N-dealkylation sites (N-methyl/N-ethyl adjacent to an activating group) is 1. The van der Waals surface area contributed by atoms with Crippen molar-refractivity contribution in [1.29, 1.82) is 0 Å². The van der Waals surface area contributed by atoms with Gasteiger partial charge in [-0.15, -0.1) is 12.4 Å². The topological polar surface area (TPSA) is 75.9 Å². The smallest absolute Gasteiger partial charge is 0.228 e. The molecule has 1 aliphatic rings. The molecule has 1 aromatic carbocycles. The maximum atomic E-state index is 12.4. The van der Waals surface area contributed by atoms with Crippen LogP contribution in [0.4, 0.5) is 0 Å². The quantitative estimate of drug-likeness (QED) is 0.833. The molecule has 2 rings (SSSR count). The third-order valence-corrected chi connectivity index (χ3v) is 4.45. The first-order valence-electron chi connectivity index (χ1n) is 7.83. The van der Waals surface area contributed by atoms with Gasteiger partial charge in [-0.2, -0.15) is 0 Å². The van der Waals surface area contributed by atoms with Crippen molar-refractivity contribution in [2.45, 2.75) is 25.9 Å². The molecule has 0 spiro atoms. The van der Waals surface area contributed by atoms with Gasteiger partial charge in [-0.3, -0.25) is 9.59 Å². The molecule has 2 amide bonds. The van der Waals surface area contributed by atoms with E-state index in [1.807, 2.05) is 31.2 Å². The average Bonchev–Trinajstić information content (AvgIpc) is 2.94. The van der Waals surface area contributed by atoms with Crippen LogP contribution in [0.1, 0.15) is 18.9 Å². The van der Waals surface area contributed by atoms with E-state index in [2.05, 4.69) is 0 Å². The number of amides is 2. The molecule has 2 N–H and O–H groups in total. The van der Waals surface area contributed by atoms with E-state index in [1.165, 1.54) is 0 Å². The van der Waals surface area contributed by atoms with Gasteiger partial charge in [-0.1, -0.05) is 12.1 Å². The lowest BCUT2D eigenvalue weighted by atomic mass is 10.1. The molecule has 0 saturated carbocycles. The van der Waals surface area contributed by atoms with Crippen LogP contribution in [0.2, 0.25) is 0 Å². The number of hydrogen-bond donors (Lipinski definition) is 1. The minimum absolute atomic E-state index is 0. The Balaban J connectivity index is 0.00000288. The third-order valence-electron chi connectivity index (χ3n) is 4.45. The molecule has 0 aromatic heterocycles. The third kappa shape index (κ3) is 4.61. The predicted molar refractivity (Wildman–Crippen MR) is 95.1 cm³/mol. The number of nitrogens with zero attached hydrogens (tertiary/aromatic N) is 2. The number of nitrogens with two attached hydrogens (primary N) is 1. The highest BCUT2D eigenvalue weighted by molar-refractivity contribution is 5.89. The fraction of sp³-hybridized carbons (Fsp3) is 0.529. The Kier molecular flexibility index (Phi) is 7.51. The Morgan fingerprint density at radius 1 is 1.42 bits per heavy atom. The molecule has 1 heterocycles. The molecule has 6 nitrogen and oxygen atoms in total. The average molecular weight is 356 g/mol. The number of ether oxygens (including phenoxy) is 1. The lowest BCUT2D eigenvalue weighted by molar-refractivity contribution is -0.136. The highest BCUT2D eigenvalue weighted by atomic mass is 35.5. The highest BCUT2D eigenvalue weighted by Crippen LogP contribution is 2.23. The van der Waals surface area contributed by atoms with Gasteiger partial charge in [0.1, 0.15) is 5.75 Å². The molecule has 1 fully saturated rings. The minimum atomic E-state index is -0.278. The number of methoxy groups -OCH3 is 1. The van der Waals surface area contributed by atoms with Crippen LogP contribution in [0.5, 0.6) is 5.75 Å². The number of benzene rings is 1. The van der Waals surface area contributed by atoms with Crippen molar-refractivity contribution in [2.75, 3.05) is 27.2 Å². The second-order valence-electron chi connectivity index (χ2n) is 6.06. The predicted octanol–water partition coefficient (Wildman–Crippen LogP) is 1.27. The number of likely N-dealkylation sites (tertiary alicyclic amines) is 1. The molecule has 2 atom stereocenters. The fourth-order valence-electron chi connectivity index (χ4n) is 2.71. The monoisotopic (exact) mass is 355 g/mol. The van der Waals surface area contributed by atoms with Crippen molar-refractivity contribution in [3.05, 3.63) is 29.8 Å². The van der Waals surface area contributed by atoms with E-state index in [0.29, 0.717) is 19.6 Å². The zero-order valence-electron chi connectivity index (χ0n) is 14.4. The Labute approximate surface area is 149 Å². The van der Waals surface area contributed by atoms with Gasteiger partial charge >= 0.3 is 0 Å². The van der Waals surface area contributed by atoms with E-state index < -0.39 is 0 Å². The summed E-state index contributed by atoms with van der Waals surface area (Å²) in [6.45, 7) is 3.30. The first kappa shape index (κ1) is 20.3. The Bertz CT molecular complexity index is 565. The lowest BCUT2D eigenvalue weighted by Gasteiger charge is -2.26. The largest absolute Gasteiger partial charge is 0.497 e. The summed E-state index contributed by atoms with van der Waals surface area (Å²) < 4.78 is 5.13. The van der Waals surface area contributed by atoms with Crippen LogP contribution in [-0.2, 0) is 16.1 Å². The molecule has 0 bridgehead atoms. The van der Waals surface area contributed by atoms with E-state index in [9.17, 15) is 9.59 Å².